The highest BCUT2D eigenvalue weighted by atomic mass is 79.9. The van der Waals surface area contributed by atoms with Gasteiger partial charge >= 0.3 is 0 Å². The monoisotopic (exact) mass is 620 g/mol. The van der Waals surface area contributed by atoms with Gasteiger partial charge in [0.2, 0.25) is 0 Å². The summed E-state index contributed by atoms with van der Waals surface area (Å²) in [7, 11) is 0. The highest BCUT2D eigenvalue weighted by molar-refractivity contribution is 9.10. The van der Waals surface area contributed by atoms with Crippen molar-refractivity contribution in [3.05, 3.63) is 76.3 Å². The van der Waals surface area contributed by atoms with E-state index in [-0.39, 0.29) is 0 Å². The van der Waals surface area contributed by atoms with E-state index < -0.39 is 0 Å². The van der Waals surface area contributed by atoms with E-state index in [2.05, 4.69) is 68.2 Å². The maximum Gasteiger partial charge on any atom is 0.133 e. The molecule has 5 nitrogen and oxygen atoms in total. The van der Waals surface area contributed by atoms with Gasteiger partial charge in [0.15, 0.2) is 0 Å². The molecule has 0 bridgehead atoms. The third-order valence-corrected chi connectivity index (χ3v) is 9.87. The van der Waals surface area contributed by atoms with Gasteiger partial charge in [0.25, 0.3) is 0 Å². The molecule has 0 saturated carbocycles. The molecule has 1 aromatic heterocycles. The van der Waals surface area contributed by atoms with Gasteiger partial charge in [-0.05, 0) is 151 Å². The zero-order valence-electron chi connectivity index (χ0n) is 22.9. The highest BCUT2D eigenvalue weighted by Crippen LogP contribution is 2.42. The molecule has 0 unspecified atom stereocenters. The zero-order valence-corrected chi connectivity index (χ0v) is 25.3. The van der Waals surface area contributed by atoms with E-state index in [1.807, 2.05) is 12.1 Å². The molecule has 1 N–H and O–H groups in total. The van der Waals surface area contributed by atoms with Crippen molar-refractivity contribution in [1.82, 2.24) is 9.80 Å². The Morgan fingerprint density at radius 1 is 0.775 bits per heavy atom. The van der Waals surface area contributed by atoms with Crippen LogP contribution in [0.2, 0.25) is 0 Å². The molecular weight excluding hydrogens is 584 g/mol. The summed E-state index contributed by atoms with van der Waals surface area (Å²) in [6, 6.07) is 20.6. The lowest BCUT2D eigenvalue weighted by Gasteiger charge is -2.16. The Bertz CT molecular complexity index is 1430. The maximum absolute atomic E-state index is 10.2. The number of thiophene rings is 1. The van der Waals surface area contributed by atoms with Gasteiger partial charge in [-0.3, -0.25) is 9.80 Å². The fourth-order valence-electron chi connectivity index (χ4n) is 5.82. The number of hydrogen-bond donors (Lipinski definition) is 1. The van der Waals surface area contributed by atoms with Gasteiger partial charge in [0.05, 0.1) is 4.47 Å². The number of phenols is 1. The normalized spacial score (nSPS) is 16.2. The molecule has 0 aliphatic carbocycles. The molecule has 4 aromatic rings. The van der Waals surface area contributed by atoms with Crippen LogP contribution in [-0.4, -0.2) is 67.4 Å². The summed E-state index contributed by atoms with van der Waals surface area (Å²) in [5.41, 5.74) is 3.66. The summed E-state index contributed by atoms with van der Waals surface area (Å²) in [6.45, 7) is 8.16. The third-order valence-electron chi connectivity index (χ3n) is 8.01. The van der Waals surface area contributed by atoms with E-state index in [1.165, 1.54) is 78.8 Å². The lowest BCUT2D eigenvalue weighted by atomic mass is 9.99. The maximum atomic E-state index is 10.2. The van der Waals surface area contributed by atoms with Crippen LogP contribution < -0.4 is 9.47 Å². The minimum atomic E-state index is 0.298. The van der Waals surface area contributed by atoms with Gasteiger partial charge in [-0.1, -0.05) is 6.07 Å². The topological polar surface area (TPSA) is 45.2 Å². The second kappa shape index (κ2) is 12.9. The van der Waals surface area contributed by atoms with E-state index in [9.17, 15) is 5.11 Å². The van der Waals surface area contributed by atoms with Crippen LogP contribution in [0, 0.1) is 0 Å². The summed E-state index contributed by atoms with van der Waals surface area (Å²) < 4.78 is 14.2. The van der Waals surface area contributed by atoms with Crippen molar-refractivity contribution in [1.29, 1.82) is 0 Å². The predicted molar refractivity (Wildman–Crippen MR) is 168 cm³/mol. The van der Waals surface area contributed by atoms with Crippen molar-refractivity contribution in [2.75, 3.05) is 52.5 Å². The number of nitrogens with zero attached hydrogens (tertiary/aromatic N) is 2. The van der Waals surface area contributed by atoms with Gasteiger partial charge in [0, 0.05) is 22.7 Å². The van der Waals surface area contributed by atoms with Crippen molar-refractivity contribution >= 4 is 37.4 Å². The van der Waals surface area contributed by atoms with E-state index in [1.54, 1.807) is 17.4 Å². The zero-order chi connectivity index (χ0) is 27.3. The van der Waals surface area contributed by atoms with Crippen LogP contribution in [0.3, 0.4) is 0 Å². The van der Waals surface area contributed by atoms with Gasteiger partial charge in [0.1, 0.15) is 30.5 Å². The van der Waals surface area contributed by atoms with Gasteiger partial charge < -0.3 is 14.6 Å². The quantitative estimate of drug-likeness (QED) is 0.187. The Morgan fingerprint density at radius 3 is 2.12 bits per heavy atom. The molecule has 40 heavy (non-hydrogen) atoms. The fourth-order valence-corrected chi connectivity index (χ4v) is 7.62. The molecule has 3 aromatic carbocycles. The number of ether oxygens (including phenoxy) is 2. The standard InChI is InChI=1S/C33H37BrN2O3S/c34-30-22-24(5-12-31(30)39-20-18-36-15-3-4-16-36)21-29-28-11-8-26(37)23-32(28)40-33(29)25-6-9-27(10-7-25)38-19-17-35-13-1-2-14-35/h5-12,22-23,37H,1-4,13-21H2. The molecule has 2 aliphatic rings. The Morgan fingerprint density at radius 2 is 1.45 bits per heavy atom. The van der Waals surface area contributed by atoms with Gasteiger partial charge in [-0.25, -0.2) is 0 Å². The lowest BCUT2D eigenvalue weighted by molar-refractivity contribution is 0.237. The Balaban J connectivity index is 1.18. The molecule has 210 valence electrons. The second-order valence-electron chi connectivity index (χ2n) is 10.9. The van der Waals surface area contributed by atoms with Crippen molar-refractivity contribution in [3.8, 4) is 27.7 Å². The molecule has 6 rings (SSSR count). The molecular formula is C33H37BrN2O3S. The number of likely N-dealkylation sites (tertiary alicyclic amines) is 2. The molecule has 0 radical (unpaired) electrons. The molecule has 0 spiro atoms. The van der Waals surface area contributed by atoms with Gasteiger partial charge in [-0.2, -0.15) is 0 Å². The van der Waals surface area contributed by atoms with Crippen LogP contribution >= 0.6 is 27.3 Å². The smallest absolute Gasteiger partial charge is 0.133 e. The number of rotatable bonds is 11. The van der Waals surface area contributed by atoms with Crippen LogP contribution in [0.1, 0.15) is 36.8 Å². The summed E-state index contributed by atoms with van der Waals surface area (Å²) in [5.74, 6) is 2.10. The number of benzene rings is 3. The first-order valence-electron chi connectivity index (χ1n) is 14.5. The van der Waals surface area contributed by atoms with Crippen LogP contribution in [0.25, 0.3) is 20.5 Å². The van der Waals surface area contributed by atoms with Crippen molar-refractivity contribution in [2.45, 2.75) is 32.1 Å². The van der Waals surface area contributed by atoms with E-state index in [4.69, 9.17) is 9.47 Å². The van der Waals surface area contributed by atoms with Crippen molar-refractivity contribution in [2.24, 2.45) is 0 Å². The van der Waals surface area contributed by atoms with E-state index in [0.29, 0.717) is 12.4 Å². The number of phenolic OH excluding ortho intramolecular Hbond substituents is 1. The summed E-state index contributed by atoms with van der Waals surface area (Å²) >= 11 is 5.48. The minimum absolute atomic E-state index is 0.298. The highest BCUT2D eigenvalue weighted by Gasteiger charge is 2.17. The van der Waals surface area contributed by atoms with E-state index >= 15 is 0 Å². The SMILES string of the molecule is Oc1ccc2c(Cc3ccc(OCCN4CCCC4)c(Br)c3)c(-c3ccc(OCCN4CCCC4)cc3)sc2c1. The first-order valence-corrected chi connectivity index (χ1v) is 16.1. The average molecular weight is 622 g/mol. The summed E-state index contributed by atoms with van der Waals surface area (Å²) in [6.07, 6.45) is 6.00. The first kappa shape index (κ1) is 27.6. The fraction of sp³-hybridized carbons (Fsp3) is 0.394. The number of aromatic hydroxyl groups is 1. The third kappa shape index (κ3) is 6.65. The van der Waals surface area contributed by atoms with Crippen LogP contribution in [-0.2, 0) is 6.42 Å². The summed E-state index contributed by atoms with van der Waals surface area (Å²) in [5, 5.41) is 11.3. The molecule has 7 heteroatoms. The minimum Gasteiger partial charge on any atom is -0.508 e. The Hall–Kier alpha value is -2.58. The first-order chi connectivity index (χ1) is 19.6. The molecule has 0 amide bonds. The molecule has 2 saturated heterocycles. The Kier molecular flexibility index (Phi) is 8.92. The largest absolute Gasteiger partial charge is 0.508 e. The molecule has 2 aliphatic heterocycles. The van der Waals surface area contributed by atoms with Crippen molar-refractivity contribution in [3.63, 3.8) is 0 Å². The number of hydrogen-bond acceptors (Lipinski definition) is 6. The van der Waals surface area contributed by atoms with Crippen molar-refractivity contribution < 1.29 is 14.6 Å². The van der Waals surface area contributed by atoms with E-state index in [0.717, 1.165) is 46.8 Å². The molecule has 3 heterocycles. The molecule has 2 fully saturated rings. The van der Waals surface area contributed by atoms with Crippen LogP contribution in [0.5, 0.6) is 17.2 Å². The number of fused-ring (bicyclic) bond motifs is 1. The lowest BCUT2D eigenvalue weighted by Crippen LogP contribution is -2.25. The Labute approximate surface area is 249 Å². The average Bonchev–Trinajstić information content (AvgIpc) is 3.73. The van der Waals surface area contributed by atoms with Crippen LogP contribution in [0.15, 0.2) is 65.1 Å². The molecule has 0 atom stereocenters. The predicted octanol–water partition coefficient (Wildman–Crippen LogP) is 7.58. The number of halogens is 1. The van der Waals surface area contributed by atoms with Gasteiger partial charge in [-0.15, -0.1) is 11.3 Å². The summed E-state index contributed by atoms with van der Waals surface area (Å²) in [4.78, 5) is 6.17. The second-order valence-corrected chi connectivity index (χ2v) is 12.8. The van der Waals surface area contributed by atoms with Crippen LogP contribution in [0.4, 0.5) is 0 Å².